The van der Waals surface area contributed by atoms with Crippen LogP contribution in [0.1, 0.15) is 6.92 Å². The molecular weight excluding hydrogens is 390 g/mol. The number of para-hydroxylation sites is 1. The highest BCUT2D eigenvalue weighted by atomic mass is 32.2. The number of nitro groups is 1. The van der Waals surface area contributed by atoms with Crippen LogP contribution in [0.15, 0.2) is 53.5 Å². The van der Waals surface area contributed by atoms with E-state index >= 15 is 0 Å². The summed E-state index contributed by atoms with van der Waals surface area (Å²) in [6, 6.07) is 3.46. The molecule has 0 amide bonds. The first-order valence-corrected chi connectivity index (χ1v) is 9.69. The van der Waals surface area contributed by atoms with Gasteiger partial charge in [0.25, 0.3) is 15.7 Å². The molecule has 0 spiro atoms. The molecule has 0 saturated heterocycles. The number of hydroxylamine groups is 1. The number of nitro benzene ring substituents is 1. The number of ether oxygens (including phenoxy) is 1. The molecule has 10 nitrogen and oxygen atoms in total. The Morgan fingerprint density at radius 3 is 2.71 bits per heavy atom. The molecule has 0 saturated carbocycles. The monoisotopic (exact) mass is 411 g/mol. The molecule has 2 atom stereocenters. The Bertz CT molecular complexity index is 898. The highest BCUT2D eigenvalue weighted by Gasteiger charge is 2.40. The van der Waals surface area contributed by atoms with E-state index in [0.717, 1.165) is 12.1 Å². The van der Waals surface area contributed by atoms with Gasteiger partial charge in [-0.15, -0.1) is 6.58 Å². The van der Waals surface area contributed by atoms with Crippen LogP contribution in [0.2, 0.25) is 0 Å². The molecule has 152 valence electrons. The molecule has 1 heterocycles. The maximum Gasteiger partial charge on any atom is 0.326 e. The van der Waals surface area contributed by atoms with Crippen LogP contribution in [0.5, 0.6) is 0 Å². The van der Waals surface area contributed by atoms with Gasteiger partial charge in [0.15, 0.2) is 4.90 Å². The molecule has 0 radical (unpaired) electrons. The zero-order chi connectivity index (χ0) is 20.9. The molecule has 28 heavy (non-hydrogen) atoms. The predicted molar refractivity (Wildman–Crippen MR) is 99.6 cm³/mol. The summed E-state index contributed by atoms with van der Waals surface area (Å²) in [4.78, 5) is 27.1. The van der Waals surface area contributed by atoms with Crippen LogP contribution in [0.3, 0.4) is 0 Å². The van der Waals surface area contributed by atoms with Gasteiger partial charge in [0.2, 0.25) is 0 Å². The molecule has 1 aliphatic heterocycles. The summed E-state index contributed by atoms with van der Waals surface area (Å²) in [5.74, 6) is -0.516. The van der Waals surface area contributed by atoms with Crippen molar-refractivity contribution < 1.29 is 27.7 Å². The minimum Gasteiger partial charge on any atom is -0.468 e. The zero-order valence-electron chi connectivity index (χ0n) is 15.4. The highest BCUT2D eigenvalue weighted by molar-refractivity contribution is 7.89. The number of nitrogens with one attached hydrogen (secondary N) is 1. The Kier molecular flexibility index (Phi) is 7.02. The third kappa shape index (κ3) is 4.44. The summed E-state index contributed by atoms with van der Waals surface area (Å²) in [5, 5.41) is 14.2. The Labute approximate surface area is 162 Å². The summed E-state index contributed by atoms with van der Waals surface area (Å²) in [6.07, 6.45) is 2.88. The minimum absolute atomic E-state index is 0.0408. The van der Waals surface area contributed by atoms with Gasteiger partial charge in [0, 0.05) is 12.6 Å². The van der Waals surface area contributed by atoms with Gasteiger partial charge in [-0.3, -0.25) is 25.1 Å². The third-order valence-corrected chi connectivity index (χ3v) is 5.83. The highest BCUT2D eigenvalue weighted by Crippen LogP contribution is 2.30. The standard InChI is InChI=1S/C17H21N3O7S/c1-4-9-27-20(15-11-18-13(10-12(15)2)17(21)26-3)28(24,25)16-8-6-5-7-14(16)19(22)23/h4-8,10,13,15,18H,1,9,11H2,2-3H3/t13-,15-/m0/s1. The summed E-state index contributed by atoms with van der Waals surface area (Å²) in [7, 11) is -3.15. The van der Waals surface area contributed by atoms with Crippen LogP contribution in [0.4, 0.5) is 5.69 Å². The topological polar surface area (TPSA) is 128 Å². The van der Waals surface area contributed by atoms with E-state index in [0.29, 0.717) is 10.0 Å². The van der Waals surface area contributed by atoms with Crippen molar-refractivity contribution in [2.75, 3.05) is 20.3 Å². The Balaban J connectivity index is 2.48. The number of rotatable bonds is 8. The summed E-state index contributed by atoms with van der Waals surface area (Å²) < 4.78 is 31.8. The van der Waals surface area contributed by atoms with Crippen molar-refractivity contribution in [2.45, 2.75) is 23.9 Å². The van der Waals surface area contributed by atoms with Gasteiger partial charge in [-0.05, 0) is 13.0 Å². The summed E-state index contributed by atoms with van der Waals surface area (Å²) >= 11 is 0. The van der Waals surface area contributed by atoms with Crippen molar-refractivity contribution in [3.63, 3.8) is 0 Å². The second kappa shape index (κ2) is 9.06. The van der Waals surface area contributed by atoms with Crippen LogP contribution in [0.25, 0.3) is 0 Å². The van der Waals surface area contributed by atoms with Crippen molar-refractivity contribution in [3.05, 3.63) is 58.7 Å². The second-order valence-electron chi connectivity index (χ2n) is 5.91. The van der Waals surface area contributed by atoms with Gasteiger partial charge in [-0.1, -0.05) is 34.3 Å². The predicted octanol–water partition coefficient (Wildman–Crippen LogP) is 1.16. The smallest absolute Gasteiger partial charge is 0.326 e. The van der Waals surface area contributed by atoms with Crippen molar-refractivity contribution in [1.29, 1.82) is 0 Å². The van der Waals surface area contributed by atoms with Crippen molar-refractivity contribution in [1.82, 2.24) is 9.79 Å². The minimum atomic E-state index is -4.40. The Morgan fingerprint density at radius 2 is 2.14 bits per heavy atom. The van der Waals surface area contributed by atoms with Crippen molar-refractivity contribution in [3.8, 4) is 0 Å². The average Bonchev–Trinajstić information content (AvgIpc) is 2.68. The van der Waals surface area contributed by atoms with Crippen molar-refractivity contribution >= 4 is 21.7 Å². The fourth-order valence-corrected chi connectivity index (χ4v) is 4.35. The van der Waals surface area contributed by atoms with E-state index < -0.39 is 43.6 Å². The number of carbonyl (C=O) groups is 1. The summed E-state index contributed by atoms with van der Waals surface area (Å²) in [6.45, 7) is 5.04. The molecular formula is C17H21N3O7S. The number of benzene rings is 1. The van der Waals surface area contributed by atoms with Crippen molar-refractivity contribution in [2.24, 2.45) is 0 Å². The quantitative estimate of drug-likeness (QED) is 0.292. The van der Waals surface area contributed by atoms with E-state index in [-0.39, 0.29) is 13.2 Å². The SMILES string of the molecule is C=CCON([C@H]1CN[C@H](C(=O)OC)C=C1C)S(=O)(=O)c1ccccc1[N+](=O)[O-]. The molecule has 0 aliphatic carbocycles. The van der Waals surface area contributed by atoms with Gasteiger partial charge in [0.1, 0.15) is 6.04 Å². The number of hydrogen-bond acceptors (Lipinski definition) is 8. The first-order chi connectivity index (χ1) is 13.2. The van der Waals surface area contributed by atoms with E-state index in [2.05, 4.69) is 16.6 Å². The first-order valence-electron chi connectivity index (χ1n) is 8.25. The molecule has 2 rings (SSSR count). The molecule has 11 heteroatoms. The number of carbonyl (C=O) groups excluding carboxylic acids is 1. The molecule has 0 unspecified atom stereocenters. The summed E-state index contributed by atoms with van der Waals surface area (Å²) in [5.41, 5.74) is -0.0343. The fraction of sp³-hybridized carbons (Fsp3) is 0.353. The van der Waals surface area contributed by atoms with Gasteiger partial charge in [-0.25, -0.2) is 8.42 Å². The van der Waals surface area contributed by atoms with Crippen LogP contribution in [0, 0.1) is 10.1 Å². The fourth-order valence-electron chi connectivity index (χ4n) is 2.73. The largest absolute Gasteiger partial charge is 0.468 e. The number of sulfonamides is 1. The maximum absolute atomic E-state index is 13.2. The molecule has 1 aliphatic rings. The van der Waals surface area contributed by atoms with Gasteiger partial charge in [0.05, 0.1) is 24.7 Å². The Hall–Kier alpha value is -2.60. The lowest BCUT2D eigenvalue weighted by atomic mass is 10.0. The van der Waals surface area contributed by atoms with Crippen LogP contribution in [-0.2, 0) is 24.4 Å². The zero-order valence-corrected chi connectivity index (χ0v) is 16.2. The molecule has 0 fully saturated rings. The lowest BCUT2D eigenvalue weighted by Crippen LogP contribution is -2.53. The first kappa shape index (κ1) is 21.7. The van der Waals surface area contributed by atoms with E-state index in [9.17, 15) is 23.3 Å². The van der Waals surface area contributed by atoms with Gasteiger partial charge < -0.3 is 4.74 Å². The molecule has 1 aromatic rings. The lowest BCUT2D eigenvalue weighted by molar-refractivity contribution is -0.387. The number of methoxy groups -OCH3 is 1. The van der Waals surface area contributed by atoms with E-state index in [1.54, 1.807) is 6.92 Å². The maximum atomic E-state index is 13.2. The van der Waals surface area contributed by atoms with E-state index in [1.165, 1.54) is 31.4 Å². The number of nitrogens with zero attached hydrogens (tertiary/aromatic N) is 2. The molecule has 0 bridgehead atoms. The lowest BCUT2D eigenvalue weighted by Gasteiger charge is -2.34. The normalized spacial score (nSPS) is 19.8. The van der Waals surface area contributed by atoms with Crippen LogP contribution < -0.4 is 5.32 Å². The van der Waals surface area contributed by atoms with Gasteiger partial charge in [-0.2, -0.15) is 0 Å². The van der Waals surface area contributed by atoms with Gasteiger partial charge >= 0.3 is 5.97 Å². The molecule has 1 aromatic carbocycles. The Morgan fingerprint density at radius 1 is 1.46 bits per heavy atom. The average molecular weight is 411 g/mol. The second-order valence-corrected chi connectivity index (χ2v) is 7.66. The molecule has 0 aromatic heterocycles. The van der Waals surface area contributed by atoms with E-state index in [1.807, 2.05) is 0 Å². The van der Waals surface area contributed by atoms with E-state index in [4.69, 9.17) is 4.84 Å². The molecule has 1 N–H and O–H groups in total. The third-order valence-electron chi connectivity index (χ3n) is 4.09. The van der Waals surface area contributed by atoms with Crippen LogP contribution >= 0.6 is 0 Å². The van der Waals surface area contributed by atoms with Crippen LogP contribution in [-0.4, -0.2) is 56.1 Å². The number of esters is 1. The number of hydrogen-bond donors (Lipinski definition) is 1.